The van der Waals surface area contributed by atoms with Gasteiger partial charge in [0.1, 0.15) is 0 Å². The third-order valence-electron chi connectivity index (χ3n) is 4.22. The number of allylic oxidation sites excluding steroid dienone is 1. The Hall–Kier alpha value is -2.55. The molecule has 7 nitrogen and oxygen atoms in total. The van der Waals surface area contributed by atoms with Crippen molar-refractivity contribution in [2.24, 2.45) is 9.98 Å². The van der Waals surface area contributed by atoms with E-state index in [9.17, 15) is 0 Å². The van der Waals surface area contributed by atoms with Crippen molar-refractivity contribution in [3.8, 4) is 17.2 Å². The summed E-state index contributed by atoms with van der Waals surface area (Å²) in [6.07, 6.45) is 1.73. The van der Waals surface area contributed by atoms with Crippen molar-refractivity contribution in [1.29, 1.82) is 0 Å². The minimum atomic E-state index is 0.535. The summed E-state index contributed by atoms with van der Waals surface area (Å²) in [5, 5.41) is 8.94. The number of thioether (sulfide) groups is 1. The van der Waals surface area contributed by atoms with Gasteiger partial charge in [0.15, 0.2) is 21.8 Å². The molecule has 0 aromatic heterocycles. The fourth-order valence-electron chi connectivity index (χ4n) is 2.67. The van der Waals surface area contributed by atoms with Gasteiger partial charge < -0.3 is 24.8 Å². The molecule has 0 spiro atoms. The molecule has 1 aliphatic heterocycles. The van der Waals surface area contributed by atoms with Crippen LogP contribution in [0.1, 0.15) is 12.5 Å². The first-order valence-corrected chi connectivity index (χ1v) is 10.8. The zero-order valence-electron chi connectivity index (χ0n) is 17.5. The fraction of sp³-hybridized carbons (Fsp3) is 0.238. The van der Waals surface area contributed by atoms with Crippen molar-refractivity contribution in [2.45, 2.75) is 13.5 Å². The smallest absolute Gasteiger partial charge is 0.203 e. The van der Waals surface area contributed by atoms with Gasteiger partial charge in [-0.3, -0.25) is 0 Å². The standard InChI is InChI=1S/C21H22Cl2N4O3S/c1-12(24-11-13-7-17(28-2)19(30-4)18(8-13)29-3)10-25-20-27-21(31-20)26-16-6-5-14(22)9-15(16)23/h5-10,24H,11H2,1-4H3,(H,25,26,27)/b12-10+. The number of methoxy groups -OCH3 is 3. The van der Waals surface area contributed by atoms with Gasteiger partial charge in [0, 0.05) is 23.5 Å². The van der Waals surface area contributed by atoms with E-state index in [0.717, 1.165) is 22.1 Å². The van der Waals surface area contributed by atoms with E-state index in [1.54, 1.807) is 45.7 Å². The first-order valence-electron chi connectivity index (χ1n) is 9.19. The number of anilines is 1. The van der Waals surface area contributed by atoms with Gasteiger partial charge in [-0.15, -0.1) is 0 Å². The number of hydrogen-bond donors (Lipinski definition) is 2. The quantitative estimate of drug-likeness (QED) is 0.516. The van der Waals surface area contributed by atoms with Gasteiger partial charge in [0.2, 0.25) is 5.75 Å². The molecule has 1 heterocycles. The molecule has 10 heteroatoms. The maximum absolute atomic E-state index is 6.15. The zero-order valence-corrected chi connectivity index (χ0v) is 19.8. The number of amidine groups is 2. The Labute approximate surface area is 195 Å². The lowest BCUT2D eigenvalue weighted by Gasteiger charge is -2.17. The number of halogens is 2. The van der Waals surface area contributed by atoms with Gasteiger partial charge >= 0.3 is 0 Å². The molecule has 0 atom stereocenters. The Bertz CT molecular complexity index is 1030. The van der Waals surface area contributed by atoms with Crippen LogP contribution in [0.15, 0.2) is 52.2 Å². The van der Waals surface area contributed by atoms with Crippen LogP contribution in [0, 0.1) is 0 Å². The molecule has 1 aliphatic rings. The molecule has 0 saturated heterocycles. The molecule has 31 heavy (non-hydrogen) atoms. The van der Waals surface area contributed by atoms with E-state index in [1.807, 2.05) is 19.1 Å². The number of benzene rings is 2. The molecule has 0 bridgehead atoms. The number of nitrogens with zero attached hydrogens (tertiary/aromatic N) is 2. The monoisotopic (exact) mass is 480 g/mol. The van der Waals surface area contributed by atoms with Gasteiger partial charge in [-0.1, -0.05) is 23.2 Å². The maximum atomic E-state index is 6.15. The normalized spacial score (nSPS) is 14.6. The van der Waals surface area contributed by atoms with Crippen LogP contribution in [0.4, 0.5) is 5.69 Å². The van der Waals surface area contributed by atoms with Crippen LogP contribution in [-0.2, 0) is 6.54 Å². The SMILES string of the molecule is COc1cc(CN/C(C)=C/N=C2N=C(Nc3ccc(Cl)cc3Cl)S2)cc(OC)c1OC. The second-order valence-electron chi connectivity index (χ2n) is 6.38. The van der Waals surface area contributed by atoms with Crippen molar-refractivity contribution in [3.05, 3.63) is 57.8 Å². The van der Waals surface area contributed by atoms with Crippen LogP contribution in [-0.4, -0.2) is 31.7 Å². The van der Waals surface area contributed by atoms with Crippen molar-refractivity contribution >= 4 is 51.0 Å². The van der Waals surface area contributed by atoms with E-state index < -0.39 is 0 Å². The summed E-state index contributed by atoms with van der Waals surface area (Å²) < 4.78 is 16.1. The molecule has 3 rings (SSSR count). The molecule has 0 unspecified atom stereocenters. The van der Waals surface area contributed by atoms with Crippen molar-refractivity contribution in [1.82, 2.24) is 5.32 Å². The Morgan fingerprint density at radius 2 is 1.77 bits per heavy atom. The zero-order chi connectivity index (χ0) is 22.4. The first kappa shape index (κ1) is 23.1. The van der Waals surface area contributed by atoms with Gasteiger partial charge in [-0.05, 0) is 54.6 Å². The summed E-state index contributed by atoms with van der Waals surface area (Å²) in [7, 11) is 4.77. The van der Waals surface area contributed by atoms with Gasteiger partial charge in [-0.2, -0.15) is 4.99 Å². The third-order valence-corrected chi connectivity index (χ3v) is 5.54. The molecule has 2 N–H and O–H groups in total. The predicted octanol–water partition coefficient (Wildman–Crippen LogP) is 5.54. The van der Waals surface area contributed by atoms with Gasteiger partial charge in [-0.25, -0.2) is 4.99 Å². The molecular weight excluding hydrogens is 459 g/mol. The lowest BCUT2D eigenvalue weighted by atomic mass is 10.1. The van der Waals surface area contributed by atoms with E-state index in [4.69, 9.17) is 37.4 Å². The highest BCUT2D eigenvalue weighted by Crippen LogP contribution is 2.38. The number of ether oxygens (including phenoxy) is 3. The minimum Gasteiger partial charge on any atom is -0.493 e. The van der Waals surface area contributed by atoms with E-state index in [-0.39, 0.29) is 0 Å². The highest BCUT2D eigenvalue weighted by atomic mass is 35.5. The molecule has 2 aromatic carbocycles. The summed E-state index contributed by atoms with van der Waals surface area (Å²) >= 11 is 13.5. The predicted molar refractivity (Wildman–Crippen MR) is 129 cm³/mol. The van der Waals surface area contributed by atoms with Crippen LogP contribution in [0.25, 0.3) is 0 Å². The minimum absolute atomic E-state index is 0.535. The lowest BCUT2D eigenvalue weighted by Crippen LogP contribution is -2.19. The third kappa shape index (κ3) is 6.00. The second-order valence-corrected chi connectivity index (χ2v) is 8.18. The summed E-state index contributed by atoms with van der Waals surface area (Å²) in [4.78, 5) is 8.71. The number of nitrogens with one attached hydrogen (secondary N) is 2. The van der Waals surface area contributed by atoms with Crippen LogP contribution < -0.4 is 24.8 Å². The van der Waals surface area contributed by atoms with Crippen molar-refractivity contribution in [3.63, 3.8) is 0 Å². The highest BCUT2D eigenvalue weighted by Gasteiger charge is 2.18. The highest BCUT2D eigenvalue weighted by molar-refractivity contribution is 8.29. The van der Waals surface area contributed by atoms with E-state index in [1.165, 1.54) is 11.8 Å². The Morgan fingerprint density at radius 3 is 2.35 bits per heavy atom. The fourth-order valence-corrected chi connectivity index (χ4v) is 3.70. The van der Waals surface area contributed by atoms with Gasteiger partial charge in [0.05, 0.1) is 32.0 Å². The maximum Gasteiger partial charge on any atom is 0.203 e. The largest absolute Gasteiger partial charge is 0.493 e. The average Bonchev–Trinajstić information content (AvgIpc) is 2.74. The summed E-state index contributed by atoms with van der Waals surface area (Å²) in [6, 6.07) is 9.05. The summed E-state index contributed by atoms with van der Waals surface area (Å²) in [6.45, 7) is 2.50. The molecule has 0 saturated carbocycles. The van der Waals surface area contributed by atoms with Crippen molar-refractivity contribution in [2.75, 3.05) is 26.6 Å². The van der Waals surface area contributed by atoms with E-state index in [2.05, 4.69) is 20.6 Å². The van der Waals surface area contributed by atoms with Crippen LogP contribution >= 0.6 is 35.0 Å². The number of rotatable bonds is 8. The number of hydrogen-bond acceptors (Lipinski definition) is 7. The second kappa shape index (κ2) is 10.7. The first-order chi connectivity index (χ1) is 14.9. The Morgan fingerprint density at radius 1 is 1.10 bits per heavy atom. The summed E-state index contributed by atoms with van der Waals surface area (Å²) in [5.74, 6) is 1.79. The molecule has 2 aromatic rings. The molecule has 0 amide bonds. The van der Waals surface area contributed by atoms with Crippen LogP contribution in [0.2, 0.25) is 10.0 Å². The Kier molecular flexibility index (Phi) is 7.95. The van der Waals surface area contributed by atoms with Crippen LogP contribution in [0.5, 0.6) is 17.2 Å². The van der Waals surface area contributed by atoms with Crippen LogP contribution in [0.3, 0.4) is 0 Å². The van der Waals surface area contributed by atoms with E-state index in [0.29, 0.717) is 39.0 Å². The molecule has 164 valence electrons. The molecule has 0 aliphatic carbocycles. The average molecular weight is 481 g/mol. The van der Waals surface area contributed by atoms with Crippen molar-refractivity contribution < 1.29 is 14.2 Å². The molecule has 0 radical (unpaired) electrons. The number of aliphatic imine (C=N–C) groups is 2. The molecule has 0 fully saturated rings. The Balaban J connectivity index is 1.58. The van der Waals surface area contributed by atoms with Gasteiger partial charge in [0.25, 0.3) is 0 Å². The molecular formula is C21H22Cl2N4O3S. The lowest BCUT2D eigenvalue weighted by molar-refractivity contribution is 0.323. The van der Waals surface area contributed by atoms with E-state index >= 15 is 0 Å². The summed E-state index contributed by atoms with van der Waals surface area (Å²) in [5.41, 5.74) is 2.62. The topological polar surface area (TPSA) is 76.5 Å².